The fourth-order valence-corrected chi connectivity index (χ4v) is 4.39. The summed E-state index contributed by atoms with van der Waals surface area (Å²) in [5.41, 5.74) is 1.11. The highest BCUT2D eigenvalue weighted by Crippen LogP contribution is 2.18. The first kappa shape index (κ1) is 17.4. The van der Waals surface area contributed by atoms with Gasteiger partial charge in [-0.1, -0.05) is 12.8 Å². The Balaban J connectivity index is 1.49. The molecule has 2 saturated heterocycles. The second-order valence-corrected chi connectivity index (χ2v) is 7.81. The van der Waals surface area contributed by atoms with Crippen LogP contribution in [0.1, 0.15) is 44.1 Å². The second-order valence-electron chi connectivity index (χ2n) is 6.66. The molecule has 0 aliphatic carbocycles. The number of anilines is 1. The smallest absolute Gasteiger partial charge is 0.315 e. The number of thioether (sulfide) groups is 1. The summed E-state index contributed by atoms with van der Waals surface area (Å²) >= 11 is 1.92. The van der Waals surface area contributed by atoms with Gasteiger partial charge in [-0.2, -0.15) is 11.8 Å². The van der Waals surface area contributed by atoms with Crippen LogP contribution in [0.2, 0.25) is 0 Å². The van der Waals surface area contributed by atoms with Crippen molar-refractivity contribution in [1.82, 2.24) is 15.6 Å². The van der Waals surface area contributed by atoms with Crippen molar-refractivity contribution in [3.05, 3.63) is 23.9 Å². The highest BCUT2D eigenvalue weighted by Gasteiger charge is 2.16. The van der Waals surface area contributed by atoms with Crippen molar-refractivity contribution in [3.63, 3.8) is 0 Å². The summed E-state index contributed by atoms with van der Waals surface area (Å²) in [6.07, 6.45) is 9.26. The fraction of sp³-hybridized carbons (Fsp3) is 0.667. The van der Waals surface area contributed by atoms with Crippen LogP contribution in [0, 0.1) is 0 Å². The largest absolute Gasteiger partial charge is 0.357 e. The average Bonchev–Trinajstić information content (AvgIpc) is 2.91. The van der Waals surface area contributed by atoms with Crippen LogP contribution in [-0.2, 0) is 6.54 Å². The van der Waals surface area contributed by atoms with Crippen molar-refractivity contribution in [1.29, 1.82) is 0 Å². The van der Waals surface area contributed by atoms with Crippen LogP contribution < -0.4 is 15.5 Å². The second kappa shape index (κ2) is 9.16. The van der Waals surface area contributed by atoms with E-state index >= 15 is 0 Å². The number of nitrogens with zero attached hydrogens (tertiary/aromatic N) is 2. The van der Waals surface area contributed by atoms with Crippen molar-refractivity contribution in [2.75, 3.05) is 29.5 Å². The molecule has 24 heavy (non-hydrogen) atoms. The van der Waals surface area contributed by atoms with Crippen molar-refractivity contribution < 1.29 is 4.79 Å². The van der Waals surface area contributed by atoms with E-state index in [9.17, 15) is 4.79 Å². The van der Waals surface area contributed by atoms with Gasteiger partial charge in [0.2, 0.25) is 0 Å². The summed E-state index contributed by atoms with van der Waals surface area (Å²) in [5, 5.41) is 6.06. The maximum atomic E-state index is 12.1. The van der Waals surface area contributed by atoms with Gasteiger partial charge in [-0.25, -0.2) is 9.78 Å². The Bertz CT molecular complexity index is 526. The van der Waals surface area contributed by atoms with Gasteiger partial charge in [-0.15, -0.1) is 0 Å². The number of rotatable bonds is 4. The molecule has 2 fully saturated rings. The maximum absolute atomic E-state index is 12.1. The van der Waals surface area contributed by atoms with Crippen LogP contribution >= 0.6 is 11.8 Å². The third-order valence-corrected chi connectivity index (χ3v) is 5.90. The molecule has 1 atom stereocenters. The number of pyridine rings is 1. The number of aromatic nitrogens is 1. The molecule has 0 aromatic carbocycles. The Hall–Kier alpha value is -1.43. The lowest BCUT2D eigenvalue weighted by atomic mass is 10.2. The monoisotopic (exact) mass is 348 g/mol. The van der Waals surface area contributed by atoms with E-state index in [0.717, 1.165) is 36.6 Å². The summed E-state index contributed by atoms with van der Waals surface area (Å²) in [4.78, 5) is 19.0. The molecule has 2 N–H and O–H groups in total. The van der Waals surface area contributed by atoms with E-state index in [-0.39, 0.29) is 6.03 Å². The Kier molecular flexibility index (Phi) is 6.64. The van der Waals surface area contributed by atoms with Gasteiger partial charge >= 0.3 is 6.03 Å². The van der Waals surface area contributed by atoms with Gasteiger partial charge in [0.25, 0.3) is 0 Å². The normalized spacial score (nSPS) is 21.8. The Labute approximate surface area is 149 Å². The minimum Gasteiger partial charge on any atom is -0.357 e. The number of carbonyl (C=O) groups excluding carboxylic acids is 1. The summed E-state index contributed by atoms with van der Waals surface area (Å²) in [7, 11) is 0. The van der Waals surface area contributed by atoms with Crippen molar-refractivity contribution >= 4 is 23.6 Å². The van der Waals surface area contributed by atoms with Gasteiger partial charge in [-0.05, 0) is 49.1 Å². The van der Waals surface area contributed by atoms with Crippen molar-refractivity contribution in [2.45, 2.75) is 51.1 Å². The SMILES string of the molecule is O=C(NCc1ccnc(N2CCCCCC2)c1)NC1CCCSC1. The van der Waals surface area contributed by atoms with Crippen LogP contribution in [0.3, 0.4) is 0 Å². The van der Waals surface area contributed by atoms with Crippen LogP contribution in [0.5, 0.6) is 0 Å². The van der Waals surface area contributed by atoms with Gasteiger partial charge in [0.05, 0.1) is 0 Å². The molecular weight excluding hydrogens is 320 g/mol. The fourth-order valence-electron chi connectivity index (χ4n) is 3.32. The van der Waals surface area contributed by atoms with Crippen LogP contribution in [0.15, 0.2) is 18.3 Å². The predicted octanol–water partition coefficient (Wildman–Crippen LogP) is 3.16. The van der Waals surface area contributed by atoms with Gasteiger partial charge in [0.1, 0.15) is 5.82 Å². The molecule has 0 saturated carbocycles. The standard InChI is InChI=1S/C18H28N4OS/c23-18(21-16-6-5-11-24-14-16)20-13-15-7-8-19-17(12-15)22-9-3-1-2-4-10-22/h7-8,12,16H,1-6,9-11,13-14H2,(H2,20,21,23). The van der Waals surface area contributed by atoms with Crippen molar-refractivity contribution in [2.24, 2.45) is 0 Å². The molecule has 5 nitrogen and oxygen atoms in total. The Morgan fingerprint density at radius 3 is 2.83 bits per heavy atom. The topological polar surface area (TPSA) is 57.3 Å². The van der Waals surface area contributed by atoms with E-state index in [2.05, 4.69) is 26.6 Å². The molecule has 1 unspecified atom stereocenters. The minimum atomic E-state index is -0.0596. The predicted molar refractivity (Wildman–Crippen MR) is 101 cm³/mol. The van der Waals surface area contributed by atoms with E-state index in [0.29, 0.717) is 12.6 Å². The van der Waals surface area contributed by atoms with Gasteiger partial charge in [0, 0.05) is 37.6 Å². The summed E-state index contributed by atoms with van der Waals surface area (Å²) in [6, 6.07) is 4.35. The van der Waals surface area contributed by atoms with E-state index < -0.39 is 0 Å². The lowest BCUT2D eigenvalue weighted by Gasteiger charge is -2.23. The summed E-state index contributed by atoms with van der Waals surface area (Å²) < 4.78 is 0. The third-order valence-electron chi connectivity index (χ3n) is 4.69. The molecule has 0 radical (unpaired) electrons. The molecule has 2 amide bonds. The third kappa shape index (κ3) is 5.30. The summed E-state index contributed by atoms with van der Waals surface area (Å²) in [6.45, 7) is 2.72. The zero-order valence-corrected chi connectivity index (χ0v) is 15.1. The number of amides is 2. The molecule has 2 aliphatic rings. The average molecular weight is 349 g/mol. The van der Waals surface area contributed by atoms with Crippen LogP contribution in [0.25, 0.3) is 0 Å². The quantitative estimate of drug-likeness (QED) is 0.877. The lowest BCUT2D eigenvalue weighted by molar-refractivity contribution is 0.237. The van der Waals surface area contributed by atoms with Gasteiger partial charge < -0.3 is 15.5 Å². The zero-order valence-electron chi connectivity index (χ0n) is 14.3. The molecule has 1 aromatic rings. The maximum Gasteiger partial charge on any atom is 0.315 e. The van der Waals surface area contributed by atoms with E-state index in [1.165, 1.54) is 37.9 Å². The highest BCUT2D eigenvalue weighted by atomic mass is 32.2. The minimum absolute atomic E-state index is 0.0596. The lowest BCUT2D eigenvalue weighted by Crippen LogP contribution is -2.44. The summed E-state index contributed by atoms with van der Waals surface area (Å²) in [5.74, 6) is 3.29. The molecule has 3 heterocycles. The number of carbonyl (C=O) groups is 1. The Morgan fingerprint density at radius 1 is 1.25 bits per heavy atom. The Morgan fingerprint density at radius 2 is 2.08 bits per heavy atom. The number of hydrogen-bond donors (Lipinski definition) is 2. The molecule has 132 valence electrons. The van der Waals surface area contributed by atoms with Crippen molar-refractivity contribution in [3.8, 4) is 0 Å². The molecule has 3 rings (SSSR count). The molecule has 2 aliphatic heterocycles. The first-order valence-corrected chi connectivity index (χ1v) is 10.3. The van der Waals surface area contributed by atoms with Gasteiger partial charge in [0.15, 0.2) is 0 Å². The number of nitrogens with one attached hydrogen (secondary N) is 2. The number of urea groups is 1. The van der Waals surface area contributed by atoms with Crippen LogP contribution in [0.4, 0.5) is 10.6 Å². The molecule has 0 bridgehead atoms. The van der Waals surface area contributed by atoms with E-state index in [4.69, 9.17) is 0 Å². The molecule has 0 spiro atoms. The van der Waals surface area contributed by atoms with E-state index in [1.54, 1.807) is 0 Å². The van der Waals surface area contributed by atoms with E-state index in [1.807, 2.05) is 24.0 Å². The molecule has 1 aromatic heterocycles. The highest BCUT2D eigenvalue weighted by molar-refractivity contribution is 7.99. The first-order chi connectivity index (χ1) is 11.8. The number of hydrogen-bond acceptors (Lipinski definition) is 4. The molecular formula is C18H28N4OS. The van der Waals surface area contributed by atoms with Gasteiger partial charge in [-0.3, -0.25) is 0 Å². The molecule has 6 heteroatoms. The van der Waals surface area contributed by atoms with Crippen LogP contribution in [-0.4, -0.2) is 41.7 Å². The zero-order chi connectivity index (χ0) is 16.6. The first-order valence-electron chi connectivity index (χ1n) is 9.13.